The van der Waals surface area contributed by atoms with Crippen molar-refractivity contribution >= 4 is 0 Å². The highest BCUT2D eigenvalue weighted by molar-refractivity contribution is 5.28. The molecule has 0 radical (unpaired) electrons. The van der Waals surface area contributed by atoms with Gasteiger partial charge in [0.1, 0.15) is 25.1 Å². The van der Waals surface area contributed by atoms with Gasteiger partial charge >= 0.3 is 0 Å². The smallest absolute Gasteiger partial charge is 0.169 e. The first kappa shape index (κ1) is 24.5. The predicted octanol–water partition coefficient (Wildman–Crippen LogP) is 5.24. The van der Waals surface area contributed by atoms with Crippen LogP contribution in [0.3, 0.4) is 0 Å². The van der Waals surface area contributed by atoms with Gasteiger partial charge in [0.15, 0.2) is 17.7 Å². The minimum absolute atomic E-state index is 0.143. The topological polar surface area (TPSA) is 66.4 Å². The molecule has 0 saturated carbocycles. The van der Waals surface area contributed by atoms with Gasteiger partial charge in [0.05, 0.1) is 26.2 Å². The van der Waals surface area contributed by atoms with E-state index in [1.54, 1.807) is 0 Å². The average molecular weight is 489 g/mol. The van der Waals surface area contributed by atoms with Crippen molar-refractivity contribution < 1.29 is 28.8 Å². The molecule has 188 valence electrons. The molecule has 1 N–H and O–H groups in total. The van der Waals surface area contributed by atoms with Crippen LogP contribution in [-0.4, -0.2) is 29.7 Å². The molecule has 0 spiro atoms. The van der Waals surface area contributed by atoms with Gasteiger partial charge in [0, 0.05) is 0 Å². The van der Waals surface area contributed by atoms with E-state index in [1.807, 2.05) is 91.9 Å². The van der Waals surface area contributed by atoms with Gasteiger partial charge in [-0.05, 0) is 29.2 Å². The first-order valence-electron chi connectivity index (χ1n) is 12.3. The lowest BCUT2D eigenvalue weighted by Crippen LogP contribution is -2.49. The molecule has 2 aliphatic heterocycles. The fraction of sp³-hybridized carbons (Fsp3) is 0.333. The molecule has 6 heteroatoms. The van der Waals surface area contributed by atoms with Crippen LogP contribution in [0.25, 0.3) is 0 Å². The predicted molar refractivity (Wildman–Crippen MR) is 134 cm³/mol. The molecule has 3 aromatic rings. The molecule has 3 atom stereocenters. The summed E-state index contributed by atoms with van der Waals surface area (Å²) < 4.78 is 31.6. The number of aliphatic hydroxyl groups is 1. The Labute approximate surface area is 212 Å². The molecule has 36 heavy (non-hydrogen) atoms. The Morgan fingerprint density at radius 2 is 1.44 bits per heavy atom. The van der Waals surface area contributed by atoms with Crippen molar-refractivity contribution in [1.29, 1.82) is 0 Å². The van der Waals surface area contributed by atoms with Crippen LogP contribution in [0.5, 0.6) is 0 Å². The summed E-state index contributed by atoms with van der Waals surface area (Å²) in [4.78, 5) is 0. The summed E-state index contributed by atoms with van der Waals surface area (Å²) in [6.07, 6.45) is -1.56. The van der Waals surface area contributed by atoms with E-state index < -0.39 is 18.0 Å². The zero-order valence-electron chi connectivity index (χ0n) is 20.5. The molecule has 0 aromatic heterocycles. The summed E-state index contributed by atoms with van der Waals surface area (Å²) in [5.41, 5.74) is 3.05. The lowest BCUT2D eigenvalue weighted by molar-refractivity contribution is -0.216. The standard InChI is InChI=1S/C30H32O6/c1-30(35-18-23-12-6-3-7-13-23)27-21-32-19-24-14-8-9-15-25(24)20-34-29(30)26(16-28(31)36-27)33-17-22-10-4-2-5-11-22/h2-15,27-28,31H,16-21H2,1H3. The average Bonchev–Trinajstić information content (AvgIpc) is 3.00. The van der Waals surface area contributed by atoms with Gasteiger partial charge in [0.2, 0.25) is 0 Å². The van der Waals surface area contributed by atoms with Crippen LogP contribution in [-0.2, 0) is 50.1 Å². The van der Waals surface area contributed by atoms with Gasteiger partial charge in [-0.15, -0.1) is 0 Å². The fourth-order valence-corrected chi connectivity index (χ4v) is 4.56. The highest BCUT2D eigenvalue weighted by Crippen LogP contribution is 2.39. The Balaban J connectivity index is 1.53. The third kappa shape index (κ3) is 5.63. The molecule has 2 bridgehead atoms. The van der Waals surface area contributed by atoms with E-state index in [-0.39, 0.29) is 13.0 Å². The van der Waals surface area contributed by atoms with E-state index in [0.717, 1.165) is 22.3 Å². The van der Waals surface area contributed by atoms with Gasteiger partial charge < -0.3 is 28.8 Å². The zero-order valence-corrected chi connectivity index (χ0v) is 20.5. The summed E-state index contributed by atoms with van der Waals surface area (Å²) in [5, 5.41) is 10.8. The van der Waals surface area contributed by atoms with Crippen molar-refractivity contribution in [2.75, 3.05) is 6.61 Å². The first-order valence-corrected chi connectivity index (χ1v) is 12.3. The number of aliphatic hydroxyl groups excluding tert-OH is 1. The monoisotopic (exact) mass is 488 g/mol. The number of fused-ring (bicyclic) bond motifs is 3. The van der Waals surface area contributed by atoms with Gasteiger partial charge in [-0.1, -0.05) is 84.9 Å². The van der Waals surface area contributed by atoms with Crippen molar-refractivity contribution in [2.45, 2.75) is 57.8 Å². The molecular weight excluding hydrogens is 456 g/mol. The number of hydrogen-bond donors (Lipinski definition) is 1. The second-order valence-corrected chi connectivity index (χ2v) is 9.26. The van der Waals surface area contributed by atoms with Gasteiger partial charge in [-0.2, -0.15) is 0 Å². The largest absolute Gasteiger partial charge is 0.489 e. The Morgan fingerprint density at radius 3 is 2.14 bits per heavy atom. The molecule has 6 nitrogen and oxygen atoms in total. The molecule has 3 unspecified atom stereocenters. The third-order valence-electron chi connectivity index (χ3n) is 6.65. The SMILES string of the molecule is CC1(OCc2ccccc2)C2=C(OCc3ccccc3)CC(O)OC1COCc1ccccc1CO2. The van der Waals surface area contributed by atoms with Crippen molar-refractivity contribution in [3.05, 3.63) is 119 Å². The third-order valence-corrected chi connectivity index (χ3v) is 6.65. The lowest BCUT2D eigenvalue weighted by Gasteiger charge is -2.38. The van der Waals surface area contributed by atoms with E-state index in [9.17, 15) is 5.11 Å². The quantitative estimate of drug-likeness (QED) is 0.512. The molecule has 5 rings (SSSR count). The van der Waals surface area contributed by atoms with E-state index in [2.05, 4.69) is 0 Å². The molecule has 2 aliphatic rings. The normalized spacial score (nSPS) is 24.3. The second kappa shape index (κ2) is 11.3. The Bertz CT molecular complexity index is 1160. The van der Waals surface area contributed by atoms with Gasteiger partial charge in [-0.25, -0.2) is 0 Å². The molecule has 0 aliphatic carbocycles. The molecule has 0 saturated heterocycles. The highest BCUT2D eigenvalue weighted by atomic mass is 16.6. The zero-order chi connectivity index (χ0) is 24.8. The van der Waals surface area contributed by atoms with Crippen molar-refractivity contribution in [1.82, 2.24) is 0 Å². The number of ether oxygens (including phenoxy) is 5. The number of benzene rings is 3. The van der Waals surface area contributed by atoms with E-state index in [1.165, 1.54) is 0 Å². The maximum Gasteiger partial charge on any atom is 0.169 e. The van der Waals surface area contributed by atoms with Crippen LogP contribution in [0, 0.1) is 0 Å². The molecule has 0 amide bonds. The molecule has 3 aromatic carbocycles. The van der Waals surface area contributed by atoms with E-state index in [0.29, 0.717) is 37.9 Å². The summed E-state index contributed by atoms with van der Waals surface area (Å²) in [5.74, 6) is 1.04. The van der Waals surface area contributed by atoms with Crippen molar-refractivity contribution in [3.63, 3.8) is 0 Å². The minimum atomic E-state index is -1.09. The molecular formula is C30H32O6. The fourth-order valence-electron chi connectivity index (χ4n) is 4.56. The minimum Gasteiger partial charge on any atom is -0.489 e. The Hall–Kier alpha value is -3.16. The van der Waals surface area contributed by atoms with Gasteiger partial charge in [0.25, 0.3) is 0 Å². The summed E-state index contributed by atoms with van der Waals surface area (Å²) >= 11 is 0. The molecule has 2 heterocycles. The highest BCUT2D eigenvalue weighted by Gasteiger charge is 2.48. The van der Waals surface area contributed by atoms with Crippen LogP contribution in [0.4, 0.5) is 0 Å². The van der Waals surface area contributed by atoms with Crippen LogP contribution >= 0.6 is 0 Å². The maximum absolute atomic E-state index is 10.8. The summed E-state index contributed by atoms with van der Waals surface area (Å²) in [6, 6.07) is 27.9. The van der Waals surface area contributed by atoms with Crippen molar-refractivity contribution in [2.24, 2.45) is 0 Å². The van der Waals surface area contributed by atoms with Crippen molar-refractivity contribution in [3.8, 4) is 0 Å². The van der Waals surface area contributed by atoms with Crippen LogP contribution in [0.2, 0.25) is 0 Å². The summed E-state index contributed by atoms with van der Waals surface area (Å²) in [6.45, 7) is 3.55. The van der Waals surface area contributed by atoms with Crippen LogP contribution < -0.4 is 0 Å². The Morgan fingerprint density at radius 1 is 0.833 bits per heavy atom. The lowest BCUT2D eigenvalue weighted by atomic mass is 9.94. The number of rotatable bonds is 6. The Kier molecular flexibility index (Phi) is 7.68. The maximum atomic E-state index is 10.8. The van der Waals surface area contributed by atoms with Crippen LogP contribution in [0.15, 0.2) is 96.4 Å². The van der Waals surface area contributed by atoms with Crippen LogP contribution in [0.1, 0.15) is 35.6 Å². The summed E-state index contributed by atoms with van der Waals surface area (Å²) in [7, 11) is 0. The van der Waals surface area contributed by atoms with E-state index in [4.69, 9.17) is 23.7 Å². The van der Waals surface area contributed by atoms with Gasteiger partial charge in [-0.3, -0.25) is 0 Å². The first-order chi connectivity index (χ1) is 17.6. The van der Waals surface area contributed by atoms with E-state index >= 15 is 0 Å². The number of hydrogen-bond acceptors (Lipinski definition) is 6. The second-order valence-electron chi connectivity index (χ2n) is 9.26. The molecule has 0 fully saturated rings.